The van der Waals surface area contributed by atoms with Crippen molar-refractivity contribution in [2.75, 3.05) is 0 Å². The molecule has 1 saturated carbocycles. The van der Waals surface area contributed by atoms with Crippen molar-refractivity contribution >= 4 is 5.78 Å². The molecule has 0 heterocycles. The predicted molar refractivity (Wildman–Crippen MR) is 53.4 cm³/mol. The van der Waals surface area contributed by atoms with Crippen LogP contribution in [0.15, 0.2) is 11.6 Å². The molecule has 0 bridgehead atoms. The molecule has 1 fully saturated rings. The Morgan fingerprint density at radius 1 is 1.46 bits per heavy atom. The van der Waals surface area contributed by atoms with Crippen LogP contribution >= 0.6 is 0 Å². The van der Waals surface area contributed by atoms with Gasteiger partial charge in [0, 0.05) is 12.8 Å². The molecule has 72 valence electrons. The molecule has 0 amide bonds. The highest BCUT2D eigenvalue weighted by molar-refractivity contribution is 5.86. The molecule has 0 saturated heterocycles. The quantitative estimate of drug-likeness (QED) is 0.564. The predicted octanol–water partition coefficient (Wildman–Crippen LogP) is 3.10. The lowest BCUT2D eigenvalue weighted by molar-refractivity contribution is -0.135. The van der Waals surface area contributed by atoms with Crippen LogP contribution in [0.4, 0.5) is 0 Å². The first kappa shape index (κ1) is 8.98. The van der Waals surface area contributed by atoms with Gasteiger partial charge in [0.2, 0.25) is 0 Å². The molecular formula is C12H18O. The maximum absolute atomic E-state index is 11.0. The Kier molecular flexibility index (Phi) is 2.05. The minimum atomic E-state index is 0.355. The number of carbonyl (C=O) groups is 1. The fourth-order valence-corrected chi connectivity index (χ4v) is 2.74. The normalized spacial score (nSPS) is 32.3. The summed E-state index contributed by atoms with van der Waals surface area (Å²) in [5, 5.41) is 0. The Morgan fingerprint density at radius 3 is 2.62 bits per heavy atom. The van der Waals surface area contributed by atoms with E-state index < -0.39 is 0 Å². The van der Waals surface area contributed by atoms with Crippen molar-refractivity contribution in [2.24, 2.45) is 11.3 Å². The van der Waals surface area contributed by atoms with Gasteiger partial charge in [0.25, 0.3) is 0 Å². The first-order valence-corrected chi connectivity index (χ1v) is 5.27. The smallest absolute Gasteiger partial charge is 0.134 e. The van der Waals surface area contributed by atoms with E-state index in [0.717, 1.165) is 18.8 Å². The molecule has 0 spiro atoms. The molecule has 0 aromatic rings. The van der Waals surface area contributed by atoms with Gasteiger partial charge in [-0.2, -0.15) is 0 Å². The van der Waals surface area contributed by atoms with Crippen LogP contribution in [0.3, 0.4) is 0 Å². The van der Waals surface area contributed by atoms with Crippen molar-refractivity contribution in [3.63, 3.8) is 0 Å². The maximum Gasteiger partial charge on any atom is 0.134 e. The molecule has 1 heteroatoms. The van der Waals surface area contributed by atoms with E-state index in [9.17, 15) is 4.79 Å². The lowest BCUT2D eigenvalue weighted by Gasteiger charge is -2.45. The van der Waals surface area contributed by atoms with Crippen LogP contribution in [0.25, 0.3) is 0 Å². The van der Waals surface area contributed by atoms with E-state index >= 15 is 0 Å². The van der Waals surface area contributed by atoms with E-state index in [2.05, 4.69) is 19.9 Å². The molecular weight excluding hydrogens is 160 g/mol. The SMILES string of the molecule is CC1=CC[C@H](C2(C)CC(=O)C2)CC1. The minimum Gasteiger partial charge on any atom is -0.300 e. The largest absolute Gasteiger partial charge is 0.300 e. The highest BCUT2D eigenvalue weighted by Gasteiger charge is 2.44. The summed E-state index contributed by atoms with van der Waals surface area (Å²) in [6.45, 7) is 4.50. The molecule has 0 aliphatic heterocycles. The number of hydrogen-bond acceptors (Lipinski definition) is 1. The Hall–Kier alpha value is -0.590. The second kappa shape index (κ2) is 2.97. The molecule has 0 radical (unpaired) electrons. The summed E-state index contributed by atoms with van der Waals surface area (Å²) < 4.78 is 0. The van der Waals surface area contributed by atoms with E-state index in [1.807, 2.05) is 0 Å². The van der Waals surface area contributed by atoms with Gasteiger partial charge >= 0.3 is 0 Å². The van der Waals surface area contributed by atoms with Gasteiger partial charge in [0.05, 0.1) is 0 Å². The number of ketones is 1. The third kappa shape index (κ3) is 1.56. The Labute approximate surface area is 80.2 Å². The molecule has 0 aromatic heterocycles. The zero-order valence-corrected chi connectivity index (χ0v) is 8.60. The second-order valence-corrected chi connectivity index (χ2v) is 5.07. The van der Waals surface area contributed by atoms with E-state index in [0.29, 0.717) is 11.2 Å². The summed E-state index contributed by atoms with van der Waals surface area (Å²) in [6, 6.07) is 0. The molecule has 13 heavy (non-hydrogen) atoms. The van der Waals surface area contributed by atoms with Crippen molar-refractivity contribution in [1.29, 1.82) is 0 Å². The van der Waals surface area contributed by atoms with E-state index in [1.54, 1.807) is 0 Å². The molecule has 0 N–H and O–H groups in total. The average molecular weight is 178 g/mol. The Bertz CT molecular complexity index is 254. The number of Topliss-reactive ketones (excluding diaryl/α,β-unsaturated/α-hetero) is 1. The summed E-state index contributed by atoms with van der Waals surface area (Å²) >= 11 is 0. The van der Waals surface area contributed by atoms with Crippen molar-refractivity contribution in [1.82, 2.24) is 0 Å². The van der Waals surface area contributed by atoms with Gasteiger partial charge in [-0.25, -0.2) is 0 Å². The van der Waals surface area contributed by atoms with Gasteiger partial charge < -0.3 is 0 Å². The van der Waals surface area contributed by atoms with Gasteiger partial charge in [-0.05, 0) is 37.5 Å². The van der Waals surface area contributed by atoms with Crippen LogP contribution in [0, 0.1) is 11.3 Å². The summed E-state index contributed by atoms with van der Waals surface area (Å²) in [7, 11) is 0. The van der Waals surface area contributed by atoms with Crippen LogP contribution in [0.1, 0.15) is 46.0 Å². The second-order valence-electron chi connectivity index (χ2n) is 5.07. The zero-order valence-electron chi connectivity index (χ0n) is 8.60. The molecule has 2 rings (SSSR count). The Morgan fingerprint density at radius 2 is 2.15 bits per heavy atom. The molecule has 2 aliphatic carbocycles. The highest BCUT2D eigenvalue weighted by Crippen LogP contribution is 2.49. The van der Waals surface area contributed by atoms with Crippen molar-refractivity contribution in [2.45, 2.75) is 46.0 Å². The standard InChI is InChI=1S/C12H18O/c1-9-3-5-10(6-4-9)12(2)7-11(13)8-12/h3,10H,4-8H2,1-2H3/t10-/m0/s1. The maximum atomic E-state index is 11.0. The van der Waals surface area contributed by atoms with Crippen LogP contribution in [0.5, 0.6) is 0 Å². The molecule has 2 aliphatic rings. The highest BCUT2D eigenvalue weighted by atomic mass is 16.1. The summed E-state index contributed by atoms with van der Waals surface area (Å²) in [5.74, 6) is 1.24. The molecule has 1 nitrogen and oxygen atoms in total. The van der Waals surface area contributed by atoms with Crippen molar-refractivity contribution in [3.8, 4) is 0 Å². The van der Waals surface area contributed by atoms with Gasteiger partial charge in [0.1, 0.15) is 5.78 Å². The van der Waals surface area contributed by atoms with Crippen molar-refractivity contribution in [3.05, 3.63) is 11.6 Å². The number of allylic oxidation sites excluding steroid dienone is 2. The average Bonchev–Trinajstić information content (AvgIpc) is 2.03. The first-order chi connectivity index (χ1) is 6.10. The van der Waals surface area contributed by atoms with Crippen LogP contribution in [-0.4, -0.2) is 5.78 Å². The lowest BCUT2D eigenvalue weighted by atomic mass is 9.59. The van der Waals surface area contributed by atoms with E-state index in [1.165, 1.54) is 24.8 Å². The minimum absolute atomic E-state index is 0.355. The fraction of sp³-hybridized carbons (Fsp3) is 0.750. The molecule has 0 unspecified atom stereocenters. The van der Waals surface area contributed by atoms with Crippen LogP contribution < -0.4 is 0 Å². The fourth-order valence-electron chi connectivity index (χ4n) is 2.74. The molecule has 0 aromatic carbocycles. The van der Waals surface area contributed by atoms with Crippen LogP contribution in [-0.2, 0) is 4.79 Å². The zero-order chi connectivity index (χ0) is 9.47. The summed E-state index contributed by atoms with van der Waals surface area (Å²) in [4.78, 5) is 11.0. The number of hydrogen-bond donors (Lipinski definition) is 0. The van der Waals surface area contributed by atoms with Gasteiger partial charge in [-0.3, -0.25) is 4.79 Å². The topological polar surface area (TPSA) is 17.1 Å². The van der Waals surface area contributed by atoms with E-state index in [-0.39, 0.29) is 0 Å². The monoisotopic (exact) mass is 178 g/mol. The first-order valence-electron chi connectivity index (χ1n) is 5.27. The molecule has 1 atom stereocenters. The van der Waals surface area contributed by atoms with Crippen LogP contribution in [0.2, 0.25) is 0 Å². The summed E-state index contributed by atoms with van der Waals surface area (Å²) in [6.07, 6.45) is 7.79. The Balaban J connectivity index is 1.99. The van der Waals surface area contributed by atoms with Gasteiger partial charge in [-0.15, -0.1) is 0 Å². The lowest BCUT2D eigenvalue weighted by Crippen LogP contribution is -2.41. The van der Waals surface area contributed by atoms with Gasteiger partial charge in [-0.1, -0.05) is 18.6 Å². The third-order valence-corrected chi connectivity index (χ3v) is 3.83. The number of carbonyl (C=O) groups excluding carboxylic acids is 1. The van der Waals surface area contributed by atoms with Crippen molar-refractivity contribution < 1.29 is 4.79 Å². The van der Waals surface area contributed by atoms with Gasteiger partial charge in [0.15, 0.2) is 0 Å². The van der Waals surface area contributed by atoms with E-state index in [4.69, 9.17) is 0 Å². The summed E-state index contributed by atoms with van der Waals surface area (Å²) in [5.41, 5.74) is 1.89. The number of rotatable bonds is 1. The third-order valence-electron chi connectivity index (χ3n) is 3.83.